The van der Waals surface area contributed by atoms with Crippen LogP contribution in [0.4, 0.5) is 0 Å². The Bertz CT molecular complexity index is 1110. The third-order valence-corrected chi connectivity index (χ3v) is 7.82. The number of benzene rings is 2. The molecule has 2 aromatic rings. The van der Waals surface area contributed by atoms with Gasteiger partial charge in [0.1, 0.15) is 10.6 Å². The van der Waals surface area contributed by atoms with Gasteiger partial charge in [-0.05, 0) is 30.5 Å². The second-order valence-electron chi connectivity index (χ2n) is 8.20. The van der Waals surface area contributed by atoms with E-state index in [1.807, 2.05) is 48.6 Å². The maximum atomic E-state index is 13.3. The second-order valence-corrected chi connectivity index (χ2v) is 9.85. The number of ether oxygens (including phenoxy) is 1. The SMILES string of the molecule is CCC1(N2CCNCC2)C=CC(NS(=O)(=O)c2cccc(-c3ccccc3)c2OC)=CC1. The van der Waals surface area contributed by atoms with E-state index in [4.69, 9.17) is 4.74 Å². The molecule has 0 spiro atoms. The zero-order chi connectivity index (χ0) is 22.6. The van der Waals surface area contributed by atoms with Gasteiger partial charge >= 0.3 is 0 Å². The molecule has 1 heterocycles. The molecule has 2 N–H and O–H groups in total. The van der Waals surface area contributed by atoms with Gasteiger partial charge in [0.25, 0.3) is 10.0 Å². The van der Waals surface area contributed by atoms with E-state index in [1.54, 1.807) is 12.1 Å². The average molecular weight is 454 g/mol. The molecule has 170 valence electrons. The smallest absolute Gasteiger partial charge is 0.265 e. The Hall–Kier alpha value is -2.61. The Morgan fingerprint density at radius 2 is 1.84 bits per heavy atom. The maximum absolute atomic E-state index is 13.3. The van der Waals surface area contributed by atoms with Crippen LogP contribution in [0.1, 0.15) is 19.8 Å². The van der Waals surface area contributed by atoms with Crippen LogP contribution in [-0.4, -0.2) is 52.1 Å². The minimum atomic E-state index is -3.82. The quantitative estimate of drug-likeness (QED) is 0.671. The highest BCUT2D eigenvalue weighted by atomic mass is 32.2. The molecule has 4 rings (SSSR count). The number of allylic oxidation sites excluding steroid dienone is 1. The topological polar surface area (TPSA) is 70.7 Å². The van der Waals surface area contributed by atoms with Gasteiger partial charge in [-0.1, -0.05) is 61.5 Å². The molecule has 32 heavy (non-hydrogen) atoms. The summed E-state index contributed by atoms with van der Waals surface area (Å²) in [7, 11) is -2.32. The highest BCUT2D eigenvalue weighted by Crippen LogP contribution is 2.36. The molecule has 0 amide bonds. The molecular formula is C25H31N3O3S. The van der Waals surface area contributed by atoms with E-state index in [0.717, 1.165) is 50.1 Å². The molecule has 1 aliphatic carbocycles. The van der Waals surface area contributed by atoms with Crippen molar-refractivity contribution in [2.75, 3.05) is 33.3 Å². The average Bonchev–Trinajstić information content (AvgIpc) is 2.85. The first-order valence-electron chi connectivity index (χ1n) is 11.1. The van der Waals surface area contributed by atoms with E-state index in [0.29, 0.717) is 11.4 Å². The zero-order valence-corrected chi connectivity index (χ0v) is 19.5. The first-order chi connectivity index (χ1) is 15.5. The Balaban J connectivity index is 1.58. The number of piperazine rings is 1. The molecular weight excluding hydrogens is 422 g/mol. The summed E-state index contributed by atoms with van der Waals surface area (Å²) in [6.07, 6.45) is 7.82. The van der Waals surface area contributed by atoms with Crippen LogP contribution >= 0.6 is 0 Å². The highest BCUT2D eigenvalue weighted by molar-refractivity contribution is 7.89. The fourth-order valence-corrected chi connectivity index (χ4v) is 5.83. The molecule has 1 atom stereocenters. The fraction of sp³-hybridized carbons (Fsp3) is 0.360. The van der Waals surface area contributed by atoms with Gasteiger partial charge < -0.3 is 10.1 Å². The van der Waals surface area contributed by atoms with E-state index in [-0.39, 0.29) is 10.4 Å². The van der Waals surface area contributed by atoms with Crippen molar-refractivity contribution in [1.29, 1.82) is 0 Å². The van der Waals surface area contributed by atoms with E-state index in [1.165, 1.54) is 7.11 Å². The third-order valence-electron chi connectivity index (χ3n) is 6.42. The van der Waals surface area contributed by atoms with E-state index < -0.39 is 10.0 Å². The molecule has 0 radical (unpaired) electrons. The van der Waals surface area contributed by atoms with Gasteiger partial charge in [-0.25, -0.2) is 8.42 Å². The van der Waals surface area contributed by atoms with E-state index in [2.05, 4.69) is 27.9 Å². The van der Waals surface area contributed by atoms with Crippen molar-refractivity contribution in [3.05, 3.63) is 72.5 Å². The minimum Gasteiger partial charge on any atom is -0.495 e. The monoisotopic (exact) mass is 453 g/mol. The largest absolute Gasteiger partial charge is 0.495 e. The Kier molecular flexibility index (Phi) is 6.69. The van der Waals surface area contributed by atoms with Crippen LogP contribution < -0.4 is 14.8 Å². The Morgan fingerprint density at radius 3 is 2.47 bits per heavy atom. The number of rotatable bonds is 7. The van der Waals surface area contributed by atoms with Crippen molar-refractivity contribution in [3.63, 3.8) is 0 Å². The maximum Gasteiger partial charge on any atom is 0.265 e. The molecule has 2 aromatic carbocycles. The van der Waals surface area contributed by atoms with Crippen LogP contribution in [0.2, 0.25) is 0 Å². The number of sulfonamides is 1. The van der Waals surface area contributed by atoms with Gasteiger partial charge in [-0.3, -0.25) is 9.62 Å². The summed E-state index contributed by atoms with van der Waals surface area (Å²) in [4.78, 5) is 2.62. The molecule has 6 nitrogen and oxygen atoms in total. The Morgan fingerprint density at radius 1 is 1.09 bits per heavy atom. The first-order valence-corrected chi connectivity index (χ1v) is 12.6. The van der Waals surface area contributed by atoms with Crippen molar-refractivity contribution in [3.8, 4) is 16.9 Å². The van der Waals surface area contributed by atoms with Crippen LogP contribution in [0.5, 0.6) is 5.75 Å². The van der Waals surface area contributed by atoms with Crippen LogP contribution in [0.3, 0.4) is 0 Å². The van der Waals surface area contributed by atoms with E-state index in [9.17, 15) is 8.42 Å². The molecule has 0 saturated carbocycles. The number of nitrogens with zero attached hydrogens (tertiary/aromatic N) is 1. The molecule has 1 saturated heterocycles. The van der Waals surface area contributed by atoms with Gasteiger partial charge in [0, 0.05) is 43.0 Å². The third kappa shape index (κ3) is 4.46. The Labute approximate surface area is 191 Å². The summed E-state index contributed by atoms with van der Waals surface area (Å²) in [5.41, 5.74) is 2.19. The fourth-order valence-electron chi connectivity index (χ4n) is 4.57. The predicted octanol–water partition coefficient (Wildman–Crippen LogP) is 3.54. The summed E-state index contributed by atoms with van der Waals surface area (Å²) < 4.78 is 35.0. The van der Waals surface area contributed by atoms with Crippen molar-refractivity contribution >= 4 is 10.0 Å². The zero-order valence-electron chi connectivity index (χ0n) is 18.7. The minimum absolute atomic E-state index is 0.0536. The van der Waals surface area contributed by atoms with E-state index >= 15 is 0 Å². The standard InChI is InChI=1S/C25H31N3O3S/c1-3-25(28-18-16-26-17-19-28)14-12-21(13-15-25)27-32(29,30)23-11-7-10-22(24(23)31-2)20-8-5-4-6-9-20/h4-14,26-27H,3,15-19H2,1-2H3. The highest BCUT2D eigenvalue weighted by Gasteiger charge is 2.34. The number of hydrogen-bond donors (Lipinski definition) is 2. The van der Waals surface area contributed by atoms with Crippen LogP contribution in [0.15, 0.2) is 77.4 Å². The van der Waals surface area contributed by atoms with Gasteiger partial charge in [0.2, 0.25) is 0 Å². The summed E-state index contributed by atoms with van der Waals surface area (Å²) in [6, 6.07) is 14.8. The molecule has 0 aromatic heterocycles. The van der Waals surface area contributed by atoms with Crippen molar-refractivity contribution in [1.82, 2.24) is 14.9 Å². The number of nitrogens with one attached hydrogen (secondary N) is 2. The number of hydrogen-bond acceptors (Lipinski definition) is 5. The van der Waals surface area contributed by atoms with Crippen molar-refractivity contribution in [2.24, 2.45) is 0 Å². The van der Waals surface area contributed by atoms with Crippen LogP contribution in [0, 0.1) is 0 Å². The molecule has 1 unspecified atom stereocenters. The lowest BCUT2D eigenvalue weighted by molar-refractivity contribution is 0.109. The lowest BCUT2D eigenvalue weighted by Gasteiger charge is -2.44. The summed E-state index contributed by atoms with van der Waals surface area (Å²) in [5.74, 6) is 0.343. The van der Waals surface area contributed by atoms with Crippen LogP contribution in [0.25, 0.3) is 11.1 Å². The van der Waals surface area contributed by atoms with Gasteiger partial charge in [0.05, 0.1) is 7.11 Å². The normalized spacial score (nSPS) is 21.8. The number of para-hydroxylation sites is 1. The number of methoxy groups -OCH3 is 1. The summed E-state index contributed by atoms with van der Waals surface area (Å²) in [5, 5.41) is 3.40. The van der Waals surface area contributed by atoms with Crippen molar-refractivity contribution < 1.29 is 13.2 Å². The molecule has 7 heteroatoms. The van der Waals surface area contributed by atoms with Gasteiger partial charge in [-0.2, -0.15) is 0 Å². The lowest BCUT2D eigenvalue weighted by atomic mass is 9.85. The van der Waals surface area contributed by atoms with Crippen LogP contribution in [-0.2, 0) is 10.0 Å². The van der Waals surface area contributed by atoms with Gasteiger partial charge in [0.15, 0.2) is 0 Å². The lowest BCUT2D eigenvalue weighted by Crippen LogP contribution is -2.55. The molecule has 2 aliphatic rings. The summed E-state index contributed by atoms with van der Waals surface area (Å²) >= 11 is 0. The first kappa shape index (κ1) is 22.6. The second kappa shape index (κ2) is 9.48. The predicted molar refractivity (Wildman–Crippen MR) is 128 cm³/mol. The van der Waals surface area contributed by atoms with Gasteiger partial charge in [-0.15, -0.1) is 0 Å². The molecule has 1 fully saturated rings. The summed E-state index contributed by atoms with van der Waals surface area (Å²) in [6.45, 7) is 6.15. The van der Waals surface area contributed by atoms with Crippen molar-refractivity contribution in [2.45, 2.75) is 30.2 Å². The molecule has 0 bridgehead atoms. The molecule has 1 aliphatic heterocycles.